The first-order chi connectivity index (χ1) is 9.20. The maximum Gasteiger partial charge on any atom is 0.371 e. The van der Waals surface area contributed by atoms with E-state index in [1.54, 1.807) is 0 Å². The molecule has 0 aliphatic heterocycles. The molecular weight excluding hydrogens is 282 g/mol. The smallest absolute Gasteiger partial charge is 0.371 e. The Kier molecular flexibility index (Phi) is 3.93. The van der Waals surface area contributed by atoms with Crippen LogP contribution in [0.1, 0.15) is 50.1 Å². The van der Waals surface area contributed by atoms with Gasteiger partial charge in [0.2, 0.25) is 10.9 Å². The van der Waals surface area contributed by atoms with Crippen LogP contribution in [0.25, 0.3) is 0 Å². The predicted octanol–water partition coefficient (Wildman–Crippen LogP) is 2.22. The Labute approximate surface area is 118 Å². The summed E-state index contributed by atoms with van der Waals surface area (Å²) in [6, 6.07) is 2.19. The fourth-order valence-corrected chi connectivity index (χ4v) is 3.61. The Morgan fingerprint density at radius 1 is 1.35 bits per heavy atom. The number of hydrogen-bond acceptors (Lipinski definition) is 4. The van der Waals surface area contributed by atoms with Gasteiger partial charge in [-0.2, -0.15) is 0 Å². The Balaban J connectivity index is 2.06. The second-order valence-electron chi connectivity index (χ2n) is 5.98. The summed E-state index contributed by atoms with van der Waals surface area (Å²) in [5.41, 5.74) is 0.253. The third-order valence-electron chi connectivity index (χ3n) is 3.72. The molecule has 0 atom stereocenters. The fourth-order valence-electron chi connectivity index (χ4n) is 2.37. The van der Waals surface area contributed by atoms with Crippen LogP contribution in [0, 0.1) is 5.41 Å². The van der Waals surface area contributed by atoms with Gasteiger partial charge >= 0.3 is 5.97 Å². The number of rotatable bonds is 4. The van der Waals surface area contributed by atoms with Gasteiger partial charge in [-0.05, 0) is 43.2 Å². The summed E-state index contributed by atoms with van der Waals surface area (Å²) in [6.07, 6.45) is 3.47. The molecule has 0 saturated heterocycles. The predicted molar refractivity (Wildman–Crippen MR) is 72.0 cm³/mol. The zero-order valence-electron chi connectivity index (χ0n) is 11.5. The number of carboxylic acids is 1. The third kappa shape index (κ3) is 3.40. The third-order valence-corrected chi connectivity index (χ3v) is 5.11. The van der Waals surface area contributed by atoms with E-state index in [0.29, 0.717) is 0 Å². The van der Waals surface area contributed by atoms with Gasteiger partial charge in [-0.15, -0.1) is 0 Å². The largest absolute Gasteiger partial charge is 0.475 e. The number of carboxylic acid groups (broad SMARTS) is 1. The lowest BCUT2D eigenvalue weighted by Gasteiger charge is -2.34. The SMILES string of the molecule is CC1(C)CCC(NS(=O)(=O)c2ccc(C(=O)O)o2)CC1. The molecule has 6 nitrogen and oxygen atoms in total. The number of furan rings is 1. The molecule has 1 aliphatic carbocycles. The van der Waals surface area contributed by atoms with Crippen molar-refractivity contribution < 1.29 is 22.7 Å². The van der Waals surface area contributed by atoms with Crippen LogP contribution in [0.2, 0.25) is 0 Å². The van der Waals surface area contributed by atoms with Gasteiger partial charge in [0, 0.05) is 6.04 Å². The molecule has 1 saturated carbocycles. The highest BCUT2D eigenvalue weighted by Crippen LogP contribution is 2.35. The van der Waals surface area contributed by atoms with Crippen LogP contribution in [-0.2, 0) is 10.0 Å². The van der Waals surface area contributed by atoms with Crippen molar-refractivity contribution in [2.45, 2.75) is 50.7 Å². The lowest BCUT2D eigenvalue weighted by molar-refractivity contribution is 0.0656. The maximum absolute atomic E-state index is 12.1. The number of sulfonamides is 1. The highest BCUT2D eigenvalue weighted by atomic mass is 32.2. The van der Waals surface area contributed by atoms with Gasteiger partial charge in [0.15, 0.2) is 0 Å². The van der Waals surface area contributed by atoms with Crippen molar-refractivity contribution in [3.05, 3.63) is 17.9 Å². The molecule has 0 unspecified atom stereocenters. The minimum Gasteiger partial charge on any atom is -0.475 e. The standard InChI is InChI=1S/C13H19NO5S/c1-13(2)7-5-9(6-8-13)14-20(17,18)11-4-3-10(19-11)12(15)16/h3-4,9,14H,5-8H2,1-2H3,(H,15,16). The molecule has 1 aromatic rings. The van der Waals surface area contributed by atoms with Crippen LogP contribution >= 0.6 is 0 Å². The molecule has 1 aromatic heterocycles. The van der Waals surface area contributed by atoms with E-state index in [-0.39, 0.29) is 22.3 Å². The first-order valence-corrected chi connectivity index (χ1v) is 8.03. The molecule has 1 fully saturated rings. The summed E-state index contributed by atoms with van der Waals surface area (Å²) >= 11 is 0. The number of carbonyl (C=O) groups is 1. The molecule has 0 radical (unpaired) electrons. The highest BCUT2D eigenvalue weighted by Gasteiger charge is 2.30. The van der Waals surface area contributed by atoms with Gasteiger partial charge in [0.1, 0.15) is 0 Å². The van der Waals surface area contributed by atoms with Gasteiger partial charge in [-0.1, -0.05) is 13.8 Å². The Bertz CT molecular complexity index is 592. The van der Waals surface area contributed by atoms with Gasteiger partial charge in [-0.25, -0.2) is 17.9 Å². The van der Waals surface area contributed by atoms with E-state index in [0.717, 1.165) is 31.7 Å². The average Bonchev–Trinajstić information content (AvgIpc) is 2.82. The summed E-state index contributed by atoms with van der Waals surface area (Å²) in [6.45, 7) is 4.34. The minimum absolute atomic E-state index is 0.119. The van der Waals surface area contributed by atoms with Crippen LogP contribution in [-0.4, -0.2) is 25.5 Å². The second-order valence-corrected chi connectivity index (χ2v) is 7.63. The van der Waals surface area contributed by atoms with E-state index in [1.807, 2.05) is 0 Å². The quantitative estimate of drug-likeness (QED) is 0.889. The molecule has 2 N–H and O–H groups in total. The molecule has 0 bridgehead atoms. The first-order valence-electron chi connectivity index (χ1n) is 6.55. The first kappa shape index (κ1) is 15.1. The molecule has 7 heteroatoms. The van der Waals surface area contributed by atoms with Crippen LogP contribution in [0.5, 0.6) is 0 Å². The van der Waals surface area contributed by atoms with Crippen molar-refractivity contribution in [2.75, 3.05) is 0 Å². The lowest BCUT2D eigenvalue weighted by atomic mass is 9.76. The zero-order valence-corrected chi connectivity index (χ0v) is 12.4. The number of hydrogen-bond donors (Lipinski definition) is 2. The van der Waals surface area contributed by atoms with Crippen LogP contribution in [0.3, 0.4) is 0 Å². The summed E-state index contributed by atoms with van der Waals surface area (Å²) in [5.74, 6) is -1.67. The lowest BCUT2D eigenvalue weighted by Crippen LogP contribution is -2.39. The monoisotopic (exact) mass is 301 g/mol. The van der Waals surface area contributed by atoms with E-state index in [2.05, 4.69) is 18.6 Å². The van der Waals surface area contributed by atoms with E-state index in [1.165, 1.54) is 6.07 Å². The minimum atomic E-state index is -3.79. The van der Waals surface area contributed by atoms with Crippen molar-refractivity contribution in [3.63, 3.8) is 0 Å². The van der Waals surface area contributed by atoms with E-state index >= 15 is 0 Å². The fraction of sp³-hybridized carbons (Fsp3) is 0.615. The average molecular weight is 301 g/mol. The molecule has 0 spiro atoms. The molecule has 2 rings (SSSR count). The maximum atomic E-state index is 12.1. The zero-order chi connectivity index (χ0) is 15.0. The molecule has 20 heavy (non-hydrogen) atoms. The molecule has 1 heterocycles. The normalized spacial score (nSPS) is 19.9. The number of nitrogens with one attached hydrogen (secondary N) is 1. The molecular formula is C13H19NO5S. The van der Waals surface area contributed by atoms with Crippen molar-refractivity contribution >= 4 is 16.0 Å². The summed E-state index contributed by atoms with van der Waals surface area (Å²) < 4.78 is 31.6. The Morgan fingerprint density at radius 2 is 1.95 bits per heavy atom. The number of aromatic carboxylic acids is 1. The van der Waals surface area contributed by atoms with E-state index < -0.39 is 16.0 Å². The van der Waals surface area contributed by atoms with Gasteiger partial charge in [0.25, 0.3) is 10.0 Å². The molecule has 0 aromatic carbocycles. The molecule has 112 valence electrons. The van der Waals surface area contributed by atoms with E-state index in [9.17, 15) is 13.2 Å². The van der Waals surface area contributed by atoms with Crippen molar-refractivity contribution in [2.24, 2.45) is 5.41 Å². The Morgan fingerprint density at radius 3 is 2.45 bits per heavy atom. The van der Waals surface area contributed by atoms with Crippen LogP contribution in [0.15, 0.2) is 21.6 Å². The summed E-state index contributed by atoms with van der Waals surface area (Å²) in [7, 11) is -3.79. The van der Waals surface area contributed by atoms with Crippen molar-refractivity contribution in [1.29, 1.82) is 0 Å². The molecule has 0 amide bonds. The Hall–Kier alpha value is -1.34. The van der Waals surface area contributed by atoms with Gasteiger partial charge in [-0.3, -0.25) is 0 Å². The van der Waals surface area contributed by atoms with Crippen LogP contribution in [0.4, 0.5) is 0 Å². The van der Waals surface area contributed by atoms with Gasteiger partial charge in [0.05, 0.1) is 0 Å². The van der Waals surface area contributed by atoms with Crippen molar-refractivity contribution in [1.82, 2.24) is 4.72 Å². The topological polar surface area (TPSA) is 96.6 Å². The summed E-state index contributed by atoms with van der Waals surface area (Å²) in [5, 5.41) is 8.39. The van der Waals surface area contributed by atoms with Crippen molar-refractivity contribution in [3.8, 4) is 0 Å². The van der Waals surface area contributed by atoms with Gasteiger partial charge < -0.3 is 9.52 Å². The van der Waals surface area contributed by atoms with Crippen LogP contribution < -0.4 is 4.72 Å². The second kappa shape index (κ2) is 5.21. The summed E-state index contributed by atoms with van der Waals surface area (Å²) in [4.78, 5) is 10.7. The molecule has 1 aliphatic rings. The highest BCUT2D eigenvalue weighted by molar-refractivity contribution is 7.89. The van der Waals surface area contributed by atoms with E-state index in [4.69, 9.17) is 9.52 Å².